The Labute approximate surface area is 88.3 Å². The average Bonchev–Trinajstić information content (AvgIpc) is 2.15. The van der Waals surface area contributed by atoms with Gasteiger partial charge in [-0.15, -0.1) is 0 Å². The summed E-state index contributed by atoms with van der Waals surface area (Å²) in [5.74, 6) is 1.38. The largest absolute Gasteiger partial charge is 0.416 e. The summed E-state index contributed by atoms with van der Waals surface area (Å²) in [6, 6.07) is 2.78. The lowest BCUT2D eigenvalue weighted by Gasteiger charge is -2.09. The highest BCUT2D eigenvalue weighted by atomic mass is 35.5. The Balaban J connectivity index is 3.10. The Morgan fingerprint density at radius 1 is 1.40 bits per heavy atom. The van der Waals surface area contributed by atoms with Crippen molar-refractivity contribution in [1.82, 2.24) is 0 Å². The van der Waals surface area contributed by atoms with Gasteiger partial charge < -0.3 is 5.32 Å². The summed E-state index contributed by atoms with van der Waals surface area (Å²) in [6.07, 6.45) is -3.60. The Morgan fingerprint density at radius 2 is 2.07 bits per heavy atom. The number of hydrogen-bond donors (Lipinski definition) is 1. The van der Waals surface area contributed by atoms with Gasteiger partial charge in [-0.1, -0.05) is 11.6 Å². The zero-order chi connectivity index (χ0) is 11.5. The van der Waals surface area contributed by atoms with Crippen LogP contribution in [-0.2, 0) is 11.0 Å². The number of nitrogens with one attached hydrogen (secondary N) is 1. The van der Waals surface area contributed by atoms with Crippen LogP contribution in [0.25, 0.3) is 0 Å². The number of rotatable bonds is 2. The predicted octanol–water partition coefficient (Wildman–Crippen LogP) is 3.12. The van der Waals surface area contributed by atoms with Crippen molar-refractivity contribution >= 4 is 23.2 Å². The molecule has 0 saturated heterocycles. The SMILES string of the molecule is O=C=CNc1cc(C(F)(F)F)ccc1Cl. The molecule has 2 nitrogen and oxygen atoms in total. The Hall–Kier alpha value is -1.45. The number of anilines is 1. The molecule has 0 saturated carbocycles. The fraction of sp³-hybridized carbons (Fsp3) is 0.111. The topological polar surface area (TPSA) is 29.1 Å². The first-order chi connectivity index (χ1) is 6.95. The van der Waals surface area contributed by atoms with Gasteiger partial charge in [-0.3, -0.25) is 0 Å². The minimum absolute atomic E-state index is 0.00911. The first-order valence-electron chi connectivity index (χ1n) is 3.78. The average molecular weight is 236 g/mol. The van der Waals surface area contributed by atoms with Gasteiger partial charge in [0.15, 0.2) is 0 Å². The monoisotopic (exact) mass is 235 g/mol. The molecule has 0 bridgehead atoms. The van der Waals surface area contributed by atoms with Crippen molar-refractivity contribution in [1.29, 1.82) is 0 Å². The third-order valence-electron chi connectivity index (χ3n) is 1.58. The summed E-state index contributed by atoms with van der Waals surface area (Å²) in [4.78, 5) is 9.86. The Kier molecular flexibility index (Phi) is 3.39. The maximum atomic E-state index is 12.3. The van der Waals surface area contributed by atoms with Crippen LogP contribution in [0.2, 0.25) is 5.02 Å². The van der Waals surface area contributed by atoms with Crippen molar-refractivity contribution < 1.29 is 18.0 Å². The standard InChI is InChI=1S/C9H5ClF3NO/c10-7-2-1-6(9(11,12)13)5-8(7)14-3-4-15/h1-3,5,14H. The molecule has 0 aromatic heterocycles. The lowest BCUT2D eigenvalue weighted by Crippen LogP contribution is -2.05. The van der Waals surface area contributed by atoms with E-state index in [4.69, 9.17) is 11.6 Å². The van der Waals surface area contributed by atoms with E-state index in [1.54, 1.807) is 0 Å². The molecule has 0 spiro atoms. The minimum atomic E-state index is -4.44. The number of hydrogen-bond acceptors (Lipinski definition) is 2. The maximum Gasteiger partial charge on any atom is 0.416 e. The van der Waals surface area contributed by atoms with Gasteiger partial charge in [0.05, 0.1) is 22.5 Å². The highest BCUT2D eigenvalue weighted by Crippen LogP contribution is 2.33. The van der Waals surface area contributed by atoms with Crippen LogP contribution < -0.4 is 5.32 Å². The molecule has 0 radical (unpaired) electrons. The number of benzene rings is 1. The van der Waals surface area contributed by atoms with E-state index in [0.717, 1.165) is 24.4 Å². The van der Waals surface area contributed by atoms with Gasteiger partial charge in [-0.25, -0.2) is 4.79 Å². The highest BCUT2D eigenvalue weighted by molar-refractivity contribution is 6.33. The molecule has 0 aliphatic carbocycles. The second-order valence-corrected chi connectivity index (χ2v) is 3.01. The molecule has 0 unspecified atom stereocenters. The van der Waals surface area contributed by atoms with Crippen LogP contribution in [0.5, 0.6) is 0 Å². The van der Waals surface area contributed by atoms with Crippen LogP contribution in [0.1, 0.15) is 5.56 Å². The van der Waals surface area contributed by atoms with Gasteiger partial charge in [0.1, 0.15) is 5.94 Å². The molecule has 1 N–H and O–H groups in total. The van der Waals surface area contributed by atoms with Gasteiger partial charge in [-0.2, -0.15) is 13.2 Å². The lowest BCUT2D eigenvalue weighted by atomic mass is 10.2. The summed E-state index contributed by atoms with van der Waals surface area (Å²) in [7, 11) is 0. The smallest absolute Gasteiger partial charge is 0.351 e. The Morgan fingerprint density at radius 3 is 2.60 bits per heavy atom. The zero-order valence-electron chi connectivity index (χ0n) is 7.23. The van der Waals surface area contributed by atoms with Gasteiger partial charge in [-0.05, 0) is 18.2 Å². The normalized spacial score (nSPS) is 10.7. The molecular weight excluding hydrogens is 231 g/mol. The van der Waals surface area contributed by atoms with E-state index in [1.165, 1.54) is 5.94 Å². The third kappa shape index (κ3) is 3.01. The highest BCUT2D eigenvalue weighted by Gasteiger charge is 2.30. The molecule has 0 aliphatic rings. The molecule has 6 heteroatoms. The predicted molar refractivity (Wildman–Crippen MR) is 50.3 cm³/mol. The molecule has 1 rings (SSSR count). The van der Waals surface area contributed by atoms with Gasteiger partial charge in [0, 0.05) is 0 Å². The fourth-order valence-corrected chi connectivity index (χ4v) is 1.09. The van der Waals surface area contributed by atoms with E-state index in [9.17, 15) is 18.0 Å². The molecule has 80 valence electrons. The van der Waals surface area contributed by atoms with Gasteiger partial charge >= 0.3 is 6.18 Å². The summed E-state index contributed by atoms with van der Waals surface area (Å²) in [5.41, 5.74) is -0.830. The third-order valence-corrected chi connectivity index (χ3v) is 1.91. The van der Waals surface area contributed by atoms with Crippen LogP contribution in [0, 0.1) is 0 Å². The first kappa shape index (κ1) is 11.6. The van der Waals surface area contributed by atoms with Crippen molar-refractivity contribution in [2.45, 2.75) is 6.18 Å². The van der Waals surface area contributed by atoms with Gasteiger partial charge in [0.2, 0.25) is 0 Å². The Bertz CT molecular complexity index is 410. The summed E-state index contributed by atoms with van der Waals surface area (Å²) < 4.78 is 36.8. The number of halogens is 4. The van der Waals surface area contributed by atoms with E-state index in [1.807, 2.05) is 0 Å². The molecular formula is C9H5ClF3NO. The van der Waals surface area contributed by atoms with Gasteiger partial charge in [0.25, 0.3) is 0 Å². The molecule has 0 atom stereocenters. The van der Waals surface area contributed by atoms with E-state index in [2.05, 4.69) is 5.32 Å². The molecule has 0 heterocycles. The molecule has 1 aromatic rings. The van der Waals surface area contributed by atoms with E-state index in [-0.39, 0.29) is 10.7 Å². The zero-order valence-corrected chi connectivity index (χ0v) is 7.99. The number of carbonyl (C=O) groups excluding carboxylic acids is 1. The van der Waals surface area contributed by atoms with E-state index < -0.39 is 11.7 Å². The summed E-state index contributed by atoms with van der Waals surface area (Å²) in [6.45, 7) is 0. The van der Waals surface area contributed by atoms with Crippen molar-refractivity contribution in [2.24, 2.45) is 0 Å². The maximum absolute atomic E-state index is 12.3. The van der Waals surface area contributed by atoms with Crippen LogP contribution in [0.4, 0.5) is 18.9 Å². The minimum Gasteiger partial charge on any atom is -0.351 e. The second-order valence-electron chi connectivity index (χ2n) is 2.60. The summed E-state index contributed by atoms with van der Waals surface area (Å²) in [5, 5.41) is 2.39. The van der Waals surface area contributed by atoms with Crippen LogP contribution in [0.3, 0.4) is 0 Å². The molecule has 0 amide bonds. The van der Waals surface area contributed by atoms with E-state index in [0.29, 0.717) is 0 Å². The first-order valence-corrected chi connectivity index (χ1v) is 4.15. The summed E-state index contributed by atoms with van der Waals surface area (Å²) >= 11 is 5.60. The van der Waals surface area contributed by atoms with Crippen LogP contribution >= 0.6 is 11.6 Å². The molecule has 0 aliphatic heterocycles. The fourth-order valence-electron chi connectivity index (χ4n) is 0.919. The number of alkyl halides is 3. The van der Waals surface area contributed by atoms with E-state index >= 15 is 0 Å². The molecule has 15 heavy (non-hydrogen) atoms. The van der Waals surface area contributed by atoms with Crippen molar-refractivity contribution in [3.63, 3.8) is 0 Å². The van der Waals surface area contributed by atoms with Crippen molar-refractivity contribution in [2.75, 3.05) is 5.32 Å². The lowest BCUT2D eigenvalue weighted by molar-refractivity contribution is -0.137. The second kappa shape index (κ2) is 4.38. The van der Waals surface area contributed by atoms with Crippen molar-refractivity contribution in [3.8, 4) is 0 Å². The quantitative estimate of drug-likeness (QED) is 0.798. The van der Waals surface area contributed by atoms with Crippen LogP contribution in [0.15, 0.2) is 24.4 Å². The van der Waals surface area contributed by atoms with Crippen molar-refractivity contribution in [3.05, 3.63) is 35.0 Å². The van der Waals surface area contributed by atoms with Crippen LogP contribution in [-0.4, -0.2) is 5.94 Å². The molecule has 1 aromatic carbocycles. The molecule has 0 fully saturated rings.